The van der Waals surface area contributed by atoms with Gasteiger partial charge in [-0.3, -0.25) is 0 Å². The van der Waals surface area contributed by atoms with Crippen molar-refractivity contribution in [2.75, 3.05) is 7.05 Å². The van der Waals surface area contributed by atoms with Crippen LogP contribution in [0.1, 0.15) is 20.3 Å². The van der Waals surface area contributed by atoms with Crippen molar-refractivity contribution < 1.29 is 0 Å². The van der Waals surface area contributed by atoms with Crippen LogP contribution >= 0.6 is 0 Å². The van der Waals surface area contributed by atoms with E-state index >= 15 is 0 Å². The lowest BCUT2D eigenvalue weighted by atomic mass is 10.2. The zero-order valence-corrected chi connectivity index (χ0v) is 7.65. The highest BCUT2D eigenvalue weighted by atomic mass is 14.8. The van der Waals surface area contributed by atoms with Crippen LogP contribution in [0.3, 0.4) is 0 Å². The van der Waals surface area contributed by atoms with E-state index in [1.54, 1.807) is 0 Å². The van der Waals surface area contributed by atoms with E-state index in [4.69, 9.17) is 0 Å². The topological polar surface area (TPSA) is 12.0 Å². The van der Waals surface area contributed by atoms with Gasteiger partial charge in [0.25, 0.3) is 0 Å². The quantitative estimate of drug-likeness (QED) is 0.609. The van der Waals surface area contributed by atoms with E-state index < -0.39 is 0 Å². The second-order valence-corrected chi connectivity index (χ2v) is 2.40. The predicted molar refractivity (Wildman–Crippen MR) is 51.4 cm³/mol. The summed E-state index contributed by atoms with van der Waals surface area (Å²) >= 11 is 0. The minimum atomic E-state index is 1.04. The van der Waals surface area contributed by atoms with Gasteiger partial charge in [-0.05, 0) is 25.0 Å². The molecule has 0 saturated heterocycles. The summed E-state index contributed by atoms with van der Waals surface area (Å²) in [6.07, 6.45) is 7.07. The largest absolute Gasteiger partial charge is 0.392 e. The number of nitrogens with one attached hydrogen (secondary N) is 1. The van der Waals surface area contributed by atoms with Crippen LogP contribution in [0.25, 0.3) is 0 Å². The fraction of sp³-hybridized carbons (Fsp3) is 0.400. The van der Waals surface area contributed by atoms with Gasteiger partial charge in [-0.1, -0.05) is 25.7 Å². The molecular formula is C10H17N. The second-order valence-electron chi connectivity index (χ2n) is 2.40. The molecule has 1 heteroatoms. The number of allylic oxidation sites excluding steroid dienone is 5. The molecule has 0 aliphatic carbocycles. The Morgan fingerprint density at radius 3 is 2.45 bits per heavy atom. The van der Waals surface area contributed by atoms with Gasteiger partial charge in [-0.25, -0.2) is 0 Å². The number of hydrogen-bond acceptors (Lipinski definition) is 1. The lowest BCUT2D eigenvalue weighted by Crippen LogP contribution is -2.00. The Balaban J connectivity index is 4.17. The van der Waals surface area contributed by atoms with Crippen LogP contribution in [0.5, 0.6) is 0 Å². The van der Waals surface area contributed by atoms with Crippen LogP contribution in [-0.4, -0.2) is 7.05 Å². The summed E-state index contributed by atoms with van der Waals surface area (Å²) < 4.78 is 0. The zero-order valence-electron chi connectivity index (χ0n) is 7.65. The lowest BCUT2D eigenvalue weighted by molar-refractivity contribution is 0.989. The monoisotopic (exact) mass is 151 g/mol. The summed E-state index contributed by atoms with van der Waals surface area (Å²) in [7, 11) is 1.92. The molecule has 0 saturated carbocycles. The molecule has 0 radical (unpaired) electrons. The van der Waals surface area contributed by atoms with Crippen molar-refractivity contribution in [3.05, 3.63) is 36.1 Å². The molecule has 0 fully saturated rings. The van der Waals surface area contributed by atoms with Gasteiger partial charge in [0.1, 0.15) is 0 Å². The normalized spacial score (nSPS) is 13.0. The molecule has 0 aliphatic rings. The first-order valence-corrected chi connectivity index (χ1v) is 3.92. The Morgan fingerprint density at radius 1 is 1.45 bits per heavy atom. The van der Waals surface area contributed by atoms with Crippen LogP contribution in [0.4, 0.5) is 0 Å². The maximum atomic E-state index is 3.72. The molecule has 0 atom stereocenters. The molecule has 0 aliphatic heterocycles. The van der Waals surface area contributed by atoms with E-state index in [2.05, 4.69) is 31.0 Å². The van der Waals surface area contributed by atoms with Crippen molar-refractivity contribution in [2.45, 2.75) is 20.3 Å². The molecule has 0 spiro atoms. The Bertz CT molecular complexity index is 175. The molecule has 62 valence electrons. The van der Waals surface area contributed by atoms with Crippen molar-refractivity contribution in [3.8, 4) is 0 Å². The van der Waals surface area contributed by atoms with Crippen LogP contribution < -0.4 is 5.32 Å². The third kappa shape index (κ3) is 4.43. The summed E-state index contributed by atoms with van der Waals surface area (Å²) in [6.45, 7) is 7.87. The maximum Gasteiger partial charge on any atom is 0.00725 e. The van der Waals surface area contributed by atoms with Gasteiger partial charge in [0.15, 0.2) is 0 Å². The molecule has 0 bridgehead atoms. The van der Waals surface area contributed by atoms with E-state index in [9.17, 15) is 0 Å². The lowest BCUT2D eigenvalue weighted by Gasteiger charge is -1.96. The SMILES string of the molecule is C=C/C(=C\C=C(/C)NC)CC. The molecule has 0 heterocycles. The summed E-state index contributed by atoms with van der Waals surface area (Å²) in [5.74, 6) is 0. The molecule has 1 N–H and O–H groups in total. The van der Waals surface area contributed by atoms with Crippen LogP contribution in [0, 0.1) is 0 Å². The van der Waals surface area contributed by atoms with E-state index in [0.717, 1.165) is 12.1 Å². The molecule has 0 aromatic heterocycles. The Morgan fingerprint density at radius 2 is 2.09 bits per heavy atom. The average Bonchev–Trinajstić information content (AvgIpc) is 2.06. The van der Waals surface area contributed by atoms with Crippen molar-refractivity contribution in [1.29, 1.82) is 0 Å². The van der Waals surface area contributed by atoms with Crippen LogP contribution in [0.15, 0.2) is 36.1 Å². The molecule has 0 rings (SSSR count). The van der Waals surface area contributed by atoms with Gasteiger partial charge in [0.2, 0.25) is 0 Å². The highest BCUT2D eigenvalue weighted by molar-refractivity contribution is 5.23. The highest BCUT2D eigenvalue weighted by Crippen LogP contribution is 2.01. The first kappa shape index (κ1) is 10.0. The summed E-state index contributed by atoms with van der Waals surface area (Å²) in [6, 6.07) is 0. The van der Waals surface area contributed by atoms with E-state index in [0.29, 0.717) is 0 Å². The van der Waals surface area contributed by atoms with Crippen molar-refractivity contribution in [1.82, 2.24) is 5.32 Å². The molecule has 0 aromatic rings. The van der Waals surface area contributed by atoms with Gasteiger partial charge in [-0.2, -0.15) is 0 Å². The van der Waals surface area contributed by atoms with E-state index in [1.165, 1.54) is 5.57 Å². The molecule has 0 unspecified atom stereocenters. The molecule has 1 nitrogen and oxygen atoms in total. The Hall–Kier alpha value is -0.980. The zero-order chi connectivity index (χ0) is 8.69. The number of rotatable bonds is 4. The van der Waals surface area contributed by atoms with Crippen molar-refractivity contribution in [3.63, 3.8) is 0 Å². The summed E-state index contributed by atoms with van der Waals surface area (Å²) in [5, 5.41) is 3.05. The van der Waals surface area contributed by atoms with Crippen molar-refractivity contribution in [2.24, 2.45) is 0 Å². The highest BCUT2D eigenvalue weighted by Gasteiger charge is 1.83. The predicted octanol–water partition coefficient (Wildman–Crippen LogP) is 2.63. The molecular weight excluding hydrogens is 134 g/mol. The Labute approximate surface area is 69.5 Å². The van der Waals surface area contributed by atoms with Crippen LogP contribution in [-0.2, 0) is 0 Å². The first-order valence-electron chi connectivity index (χ1n) is 3.92. The fourth-order valence-corrected chi connectivity index (χ4v) is 0.646. The smallest absolute Gasteiger partial charge is 0.00725 e. The summed E-state index contributed by atoms with van der Waals surface area (Å²) in [5.41, 5.74) is 2.43. The third-order valence-electron chi connectivity index (χ3n) is 1.61. The Kier molecular flexibility index (Phi) is 5.26. The van der Waals surface area contributed by atoms with E-state index in [1.807, 2.05) is 20.0 Å². The van der Waals surface area contributed by atoms with Gasteiger partial charge >= 0.3 is 0 Å². The van der Waals surface area contributed by atoms with Crippen LogP contribution in [0.2, 0.25) is 0 Å². The third-order valence-corrected chi connectivity index (χ3v) is 1.61. The average molecular weight is 151 g/mol. The standard InChI is InChI=1S/C10H17N/c1-5-10(6-2)8-7-9(3)11-4/h5,7-8,11H,1,6H2,2-4H3/b9-7+,10-8+. The minimum Gasteiger partial charge on any atom is -0.392 e. The number of hydrogen-bond donors (Lipinski definition) is 1. The molecule has 0 aromatic carbocycles. The van der Waals surface area contributed by atoms with Gasteiger partial charge in [0.05, 0.1) is 0 Å². The molecule has 11 heavy (non-hydrogen) atoms. The fourth-order valence-electron chi connectivity index (χ4n) is 0.646. The first-order chi connectivity index (χ1) is 5.24. The van der Waals surface area contributed by atoms with E-state index in [-0.39, 0.29) is 0 Å². The van der Waals surface area contributed by atoms with Gasteiger partial charge < -0.3 is 5.32 Å². The van der Waals surface area contributed by atoms with Crippen molar-refractivity contribution >= 4 is 0 Å². The minimum absolute atomic E-state index is 1.04. The second kappa shape index (κ2) is 5.78. The maximum absolute atomic E-state index is 3.72. The summed E-state index contributed by atoms with van der Waals surface area (Å²) in [4.78, 5) is 0. The molecule has 0 amide bonds. The van der Waals surface area contributed by atoms with Gasteiger partial charge in [-0.15, -0.1) is 0 Å². The van der Waals surface area contributed by atoms with Gasteiger partial charge in [0, 0.05) is 12.7 Å².